The summed E-state index contributed by atoms with van der Waals surface area (Å²) in [5, 5.41) is 1.97. The van der Waals surface area contributed by atoms with Gasteiger partial charge in [0.1, 0.15) is 0 Å². The van der Waals surface area contributed by atoms with Crippen molar-refractivity contribution in [3.05, 3.63) is 86.0 Å². The summed E-state index contributed by atoms with van der Waals surface area (Å²) in [7, 11) is 0. The van der Waals surface area contributed by atoms with Crippen molar-refractivity contribution in [2.45, 2.75) is 9.79 Å². The first-order chi connectivity index (χ1) is 12.6. The fourth-order valence-corrected chi connectivity index (χ4v) is 3.95. The predicted octanol–water partition coefficient (Wildman–Crippen LogP) is 6.12. The quantitative estimate of drug-likeness (QED) is 0.397. The first kappa shape index (κ1) is 18.2. The number of hydrogen-bond donors (Lipinski definition) is 0. The third-order valence-electron chi connectivity index (χ3n) is 3.81. The number of carbonyl (C=O) groups is 2. The first-order valence-electron chi connectivity index (χ1n) is 7.93. The molecule has 0 amide bonds. The van der Waals surface area contributed by atoms with Gasteiger partial charge in [-0.1, -0.05) is 55.6 Å². The van der Waals surface area contributed by atoms with Gasteiger partial charge in [-0.3, -0.25) is 9.59 Å². The van der Waals surface area contributed by atoms with Crippen molar-refractivity contribution in [3.8, 4) is 11.1 Å². The topological polar surface area (TPSA) is 34.1 Å². The molecule has 0 saturated carbocycles. The van der Waals surface area contributed by atoms with Gasteiger partial charge in [-0.25, -0.2) is 0 Å². The Bertz CT molecular complexity index is 1000. The van der Waals surface area contributed by atoms with Crippen LogP contribution in [0.25, 0.3) is 21.9 Å². The van der Waals surface area contributed by atoms with Gasteiger partial charge < -0.3 is 0 Å². The molecule has 0 radical (unpaired) electrons. The summed E-state index contributed by atoms with van der Waals surface area (Å²) in [6, 6.07) is 19.9. The molecule has 2 nitrogen and oxygen atoms in total. The molecule has 0 heterocycles. The van der Waals surface area contributed by atoms with Crippen molar-refractivity contribution < 1.29 is 9.59 Å². The Morgan fingerprint density at radius 3 is 2.04 bits per heavy atom. The van der Waals surface area contributed by atoms with Crippen molar-refractivity contribution in [2.75, 3.05) is 0 Å². The molecular formula is C22H16O2S2. The Morgan fingerprint density at radius 2 is 1.35 bits per heavy atom. The molecule has 0 saturated heterocycles. The zero-order valence-corrected chi connectivity index (χ0v) is 15.6. The van der Waals surface area contributed by atoms with E-state index >= 15 is 0 Å². The molecule has 0 unspecified atom stereocenters. The van der Waals surface area contributed by atoms with Gasteiger partial charge in [0.25, 0.3) is 0 Å². The minimum atomic E-state index is -0.0730. The van der Waals surface area contributed by atoms with Crippen LogP contribution in [0.15, 0.2) is 95.8 Å². The van der Waals surface area contributed by atoms with Gasteiger partial charge in [0.2, 0.25) is 10.2 Å². The van der Waals surface area contributed by atoms with Crippen LogP contribution in [0.4, 0.5) is 0 Å². The molecule has 0 aromatic heterocycles. The van der Waals surface area contributed by atoms with E-state index in [0.29, 0.717) is 0 Å². The van der Waals surface area contributed by atoms with E-state index in [0.717, 1.165) is 43.5 Å². The molecule has 0 spiro atoms. The summed E-state index contributed by atoms with van der Waals surface area (Å²) in [5.74, 6) is 0. The number of carbonyl (C=O) groups excluding carboxylic acids is 2. The Labute approximate surface area is 161 Å². The number of rotatable bonds is 5. The van der Waals surface area contributed by atoms with Crippen LogP contribution in [0.2, 0.25) is 0 Å². The number of thioether (sulfide) groups is 2. The number of benzene rings is 3. The van der Waals surface area contributed by atoms with Crippen molar-refractivity contribution in [2.24, 2.45) is 0 Å². The van der Waals surface area contributed by atoms with Crippen LogP contribution < -0.4 is 0 Å². The van der Waals surface area contributed by atoms with Crippen LogP contribution >= 0.6 is 23.5 Å². The summed E-state index contributed by atoms with van der Waals surface area (Å²) in [5.41, 5.74) is 2.14. The standard InChI is InChI=1S/C22H16O2S2/c1-3-21(23)25-16-13-11-15(12-14-16)17-7-5-9-19-18(17)8-6-10-20(19)26-22(24)4-2/h3-14H,1-2H2. The monoisotopic (exact) mass is 376 g/mol. The summed E-state index contributed by atoms with van der Waals surface area (Å²) >= 11 is 2.34. The Kier molecular flexibility index (Phi) is 5.76. The average molecular weight is 377 g/mol. The lowest BCUT2D eigenvalue weighted by atomic mass is 9.98. The maximum atomic E-state index is 11.7. The van der Waals surface area contributed by atoms with E-state index in [2.05, 4.69) is 25.3 Å². The lowest BCUT2D eigenvalue weighted by molar-refractivity contribution is -0.107. The molecule has 0 bridgehead atoms. The lowest BCUT2D eigenvalue weighted by Gasteiger charge is -2.10. The lowest BCUT2D eigenvalue weighted by Crippen LogP contribution is -1.88. The molecule has 0 aliphatic carbocycles. The van der Waals surface area contributed by atoms with E-state index < -0.39 is 0 Å². The molecule has 3 rings (SSSR count). The summed E-state index contributed by atoms with van der Waals surface area (Å²) in [6.45, 7) is 7.02. The van der Waals surface area contributed by atoms with Gasteiger partial charge in [-0.2, -0.15) is 0 Å². The highest BCUT2D eigenvalue weighted by atomic mass is 32.2. The average Bonchev–Trinajstić information content (AvgIpc) is 2.68. The Morgan fingerprint density at radius 1 is 0.731 bits per heavy atom. The zero-order chi connectivity index (χ0) is 18.5. The molecule has 0 N–H and O–H groups in total. The van der Waals surface area contributed by atoms with Crippen molar-refractivity contribution in [1.82, 2.24) is 0 Å². The normalized spacial score (nSPS) is 10.5. The van der Waals surface area contributed by atoms with E-state index in [9.17, 15) is 9.59 Å². The molecular weight excluding hydrogens is 360 g/mol. The first-order valence-corrected chi connectivity index (χ1v) is 9.56. The highest BCUT2D eigenvalue weighted by Gasteiger charge is 2.09. The zero-order valence-electron chi connectivity index (χ0n) is 14.0. The summed E-state index contributed by atoms with van der Waals surface area (Å²) < 4.78 is 0. The van der Waals surface area contributed by atoms with Crippen LogP contribution in [0.3, 0.4) is 0 Å². The highest BCUT2D eigenvalue weighted by Crippen LogP contribution is 2.35. The number of fused-ring (bicyclic) bond motifs is 1. The maximum Gasteiger partial charge on any atom is 0.216 e. The molecule has 0 atom stereocenters. The molecule has 0 fully saturated rings. The SMILES string of the molecule is C=CC(=O)Sc1ccc(-c2cccc3c(SC(=O)C=C)cccc23)cc1. The molecule has 26 heavy (non-hydrogen) atoms. The van der Waals surface area contributed by atoms with E-state index in [1.807, 2.05) is 48.5 Å². The smallest absolute Gasteiger partial charge is 0.216 e. The maximum absolute atomic E-state index is 11.7. The van der Waals surface area contributed by atoms with Gasteiger partial charge in [-0.05, 0) is 75.8 Å². The third-order valence-corrected chi connectivity index (χ3v) is 5.63. The molecule has 3 aromatic carbocycles. The second kappa shape index (κ2) is 8.21. The van der Waals surface area contributed by atoms with E-state index in [-0.39, 0.29) is 10.2 Å². The predicted molar refractivity (Wildman–Crippen MR) is 112 cm³/mol. The van der Waals surface area contributed by atoms with E-state index in [1.54, 1.807) is 0 Å². The summed E-state index contributed by atoms with van der Waals surface area (Å²) in [6.07, 6.45) is 2.64. The van der Waals surface area contributed by atoms with Crippen molar-refractivity contribution in [3.63, 3.8) is 0 Å². The van der Waals surface area contributed by atoms with Gasteiger partial charge >= 0.3 is 0 Å². The van der Waals surface area contributed by atoms with Gasteiger partial charge in [0.05, 0.1) is 0 Å². The molecule has 3 aromatic rings. The Balaban J connectivity index is 2.01. The van der Waals surface area contributed by atoms with Gasteiger partial charge in [0, 0.05) is 9.79 Å². The van der Waals surface area contributed by atoms with Crippen LogP contribution in [-0.2, 0) is 9.59 Å². The van der Waals surface area contributed by atoms with Crippen LogP contribution in [0, 0.1) is 0 Å². The Hall–Kier alpha value is -2.56. The minimum Gasteiger partial charge on any atom is -0.282 e. The highest BCUT2D eigenvalue weighted by molar-refractivity contribution is 8.14. The largest absolute Gasteiger partial charge is 0.282 e. The molecule has 128 valence electrons. The van der Waals surface area contributed by atoms with Crippen LogP contribution in [-0.4, -0.2) is 10.2 Å². The molecule has 4 heteroatoms. The van der Waals surface area contributed by atoms with Crippen LogP contribution in [0.1, 0.15) is 0 Å². The minimum absolute atomic E-state index is 0.0727. The second-order valence-corrected chi connectivity index (χ2v) is 7.56. The van der Waals surface area contributed by atoms with Crippen LogP contribution in [0.5, 0.6) is 0 Å². The van der Waals surface area contributed by atoms with E-state index in [1.165, 1.54) is 23.9 Å². The van der Waals surface area contributed by atoms with Gasteiger partial charge in [0.15, 0.2) is 0 Å². The molecule has 0 aliphatic rings. The second-order valence-electron chi connectivity index (χ2n) is 5.43. The third kappa shape index (κ3) is 3.98. The fourth-order valence-electron chi connectivity index (χ4n) is 2.63. The molecule has 0 aliphatic heterocycles. The fraction of sp³-hybridized carbons (Fsp3) is 0. The van der Waals surface area contributed by atoms with Crippen molar-refractivity contribution >= 4 is 44.5 Å². The summed E-state index contributed by atoms with van der Waals surface area (Å²) in [4.78, 5) is 25.0. The van der Waals surface area contributed by atoms with Gasteiger partial charge in [-0.15, -0.1) is 0 Å². The van der Waals surface area contributed by atoms with Crippen molar-refractivity contribution in [1.29, 1.82) is 0 Å². The number of hydrogen-bond acceptors (Lipinski definition) is 4. The van der Waals surface area contributed by atoms with E-state index in [4.69, 9.17) is 0 Å².